The first kappa shape index (κ1) is 31.7. The Morgan fingerprint density at radius 3 is 2.51 bits per heavy atom. The van der Waals surface area contributed by atoms with Gasteiger partial charge >= 0.3 is 0 Å². The minimum Gasteiger partial charge on any atom is -0.494 e. The van der Waals surface area contributed by atoms with Crippen LogP contribution in [0.2, 0.25) is 19.6 Å². The highest BCUT2D eigenvalue weighted by Gasteiger charge is 2.23. The Morgan fingerprint density at radius 2 is 1.88 bits per heavy atom. The molecule has 4 aromatic rings. The lowest BCUT2D eigenvalue weighted by Gasteiger charge is -2.22. The number of fused-ring (bicyclic) bond motifs is 1. The average Bonchev–Trinajstić information content (AvgIpc) is 3.29. The van der Waals surface area contributed by atoms with Crippen molar-refractivity contribution in [1.82, 2.24) is 19.4 Å². The topological polar surface area (TPSA) is 102 Å². The van der Waals surface area contributed by atoms with E-state index < -0.39 is 8.07 Å². The predicted molar refractivity (Wildman–Crippen MR) is 180 cm³/mol. The van der Waals surface area contributed by atoms with Crippen molar-refractivity contribution >= 4 is 47.6 Å². The summed E-state index contributed by atoms with van der Waals surface area (Å²) in [5, 5.41) is 16.3. The Balaban J connectivity index is 1.70. The van der Waals surface area contributed by atoms with E-state index in [1.807, 2.05) is 44.1 Å². The highest BCUT2D eigenvalue weighted by Crippen LogP contribution is 2.39. The molecule has 10 nitrogen and oxygen atoms in total. The lowest BCUT2D eigenvalue weighted by Crippen LogP contribution is -2.28. The predicted octanol–water partition coefficient (Wildman–Crippen LogP) is 6.96. The number of aryl methyl sites for hydroxylation is 1. The highest BCUT2D eigenvalue weighted by molar-refractivity contribution is 6.81. The standard InChI is InChI=1S/C32H43N7O3Si/c1-10-22(21-43(7,8)9)23-11-12-24-25(20-38(5)28(24)17-23)26-13-14-33-32(34-26)35-27-18-30(39(40)41)29(19-31(27)42-6)37(4)16-15-36(2)3/h11-14,17-21H,10,15-16H2,1-9H3,(H,33,34,35)/b22-21+. The van der Waals surface area contributed by atoms with Crippen molar-refractivity contribution in [3.05, 3.63) is 70.2 Å². The van der Waals surface area contributed by atoms with Crippen molar-refractivity contribution < 1.29 is 9.66 Å². The van der Waals surface area contributed by atoms with Gasteiger partial charge in [0.05, 0.1) is 31.5 Å². The lowest BCUT2D eigenvalue weighted by atomic mass is 10.0. The number of hydrogen-bond acceptors (Lipinski definition) is 8. The molecule has 0 spiro atoms. The van der Waals surface area contributed by atoms with E-state index in [-0.39, 0.29) is 10.6 Å². The van der Waals surface area contributed by atoms with E-state index in [1.54, 1.807) is 19.4 Å². The zero-order valence-electron chi connectivity index (χ0n) is 26.7. The molecule has 0 aliphatic rings. The van der Waals surface area contributed by atoms with Crippen molar-refractivity contribution in [3.63, 3.8) is 0 Å². The first-order chi connectivity index (χ1) is 20.3. The number of anilines is 3. The monoisotopic (exact) mass is 601 g/mol. The molecule has 2 aromatic heterocycles. The normalized spacial score (nSPS) is 12.2. The minimum atomic E-state index is -1.37. The molecule has 2 aromatic carbocycles. The molecule has 1 N–H and O–H groups in total. The zero-order chi connectivity index (χ0) is 31.5. The van der Waals surface area contributed by atoms with E-state index in [2.05, 4.69) is 71.5 Å². The fourth-order valence-corrected chi connectivity index (χ4v) is 6.55. The van der Waals surface area contributed by atoms with Gasteiger partial charge in [-0.1, -0.05) is 44.4 Å². The molecular weight excluding hydrogens is 558 g/mol. The number of ether oxygens (including phenoxy) is 1. The van der Waals surface area contributed by atoms with Crippen LogP contribution in [0.5, 0.6) is 5.75 Å². The Morgan fingerprint density at radius 1 is 1.14 bits per heavy atom. The van der Waals surface area contributed by atoms with Crippen LogP contribution in [-0.4, -0.2) is 73.8 Å². The third-order valence-corrected chi connectivity index (χ3v) is 8.53. The maximum absolute atomic E-state index is 12.1. The molecule has 0 aliphatic heterocycles. The maximum Gasteiger partial charge on any atom is 0.294 e. The van der Waals surface area contributed by atoms with Gasteiger partial charge in [0.1, 0.15) is 11.4 Å². The molecule has 0 saturated heterocycles. The summed E-state index contributed by atoms with van der Waals surface area (Å²) in [5.74, 6) is 0.779. The number of benzene rings is 2. The number of allylic oxidation sites excluding steroid dienone is 1. The van der Waals surface area contributed by atoms with Crippen molar-refractivity contribution in [2.45, 2.75) is 33.0 Å². The molecule has 0 radical (unpaired) electrons. The highest BCUT2D eigenvalue weighted by atomic mass is 28.3. The van der Waals surface area contributed by atoms with Gasteiger partial charge in [0, 0.05) is 68.2 Å². The molecule has 0 fully saturated rings. The van der Waals surface area contributed by atoms with Crippen LogP contribution in [0, 0.1) is 10.1 Å². The first-order valence-corrected chi connectivity index (χ1v) is 18.0. The van der Waals surface area contributed by atoms with Gasteiger partial charge in [-0.05, 0) is 43.8 Å². The van der Waals surface area contributed by atoms with E-state index in [0.29, 0.717) is 29.6 Å². The van der Waals surface area contributed by atoms with Gasteiger partial charge in [-0.25, -0.2) is 9.97 Å². The fourth-order valence-electron chi connectivity index (χ4n) is 5.14. The van der Waals surface area contributed by atoms with Gasteiger partial charge in [-0.3, -0.25) is 10.1 Å². The number of nitro groups is 1. The summed E-state index contributed by atoms with van der Waals surface area (Å²) < 4.78 is 7.76. The molecule has 0 aliphatic carbocycles. The number of aromatic nitrogens is 3. The molecule has 228 valence electrons. The van der Waals surface area contributed by atoms with Crippen LogP contribution >= 0.6 is 0 Å². The van der Waals surface area contributed by atoms with Crippen LogP contribution in [-0.2, 0) is 7.05 Å². The van der Waals surface area contributed by atoms with Crippen molar-refractivity contribution in [2.75, 3.05) is 51.6 Å². The summed E-state index contributed by atoms with van der Waals surface area (Å²) in [6.45, 7) is 10.7. The Hall–Kier alpha value is -4.22. The van der Waals surface area contributed by atoms with E-state index in [1.165, 1.54) is 17.2 Å². The summed E-state index contributed by atoms with van der Waals surface area (Å²) in [5.41, 5.74) is 8.84. The molecule has 0 amide bonds. The zero-order valence-corrected chi connectivity index (χ0v) is 27.7. The van der Waals surface area contributed by atoms with E-state index in [9.17, 15) is 10.1 Å². The Kier molecular flexibility index (Phi) is 9.56. The third-order valence-electron chi connectivity index (χ3n) is 7.31. The van der Waals surface area contributed by atoms with Crippen LogP contribution in [0.1, 0.15) is 18.9 Å². The molecule has 43 heavy (non-hydrogen) atoms. The Bertz CT molecular complexity index is 1660. The van der Waals surface area contributed by atoms with Gasteiger partial charge in [0.2, 0.25) is 5.95 Å². The quantitative estimate of drug-likeness (QED) is 0.106. The maximum atomic E-state index is 12.1. The molecular formula is C32H43N7O3Si. The molecule has 11 heteroatoms. The molecule has 4 rings (SSSR count). The van der Waals surface area contributed by atoms with E-state index >= 15 is 0 Å². The summed E-state index contributed by atoms with van der Waals surface area (Å²) >= 11 is 0. The van der Waals surface area contributed by atoms with Crippen molar-refractivity contribution in [3.8, 4) is 17.0 Å². The van der Waals surface area contributed by atoms with Gasteiger partial charge in [0.25, 0.3) is 5.69 Å². The third kappa shape index (κ3) is 7.41. The second-order valence-corrected chi connectivity index (χ2v) is 17.2. The van der Waals surface area contributed by atoms with E-state index in [4.69, 9.17) is 9.72 Å². The second-order valence-electron chi connectivity index (χ2n) is 12.2. The number of nitro benzene ring substituents is 1. The number of likely N-dealkylation sites (N-methyl/N-ethyl adjacent to an activating group) is 2. The van der Waals surface area contributed by atoms with Crippen LogP contribution in [0.3, 0.4) is 0 Å². The number of methoxy groups -OCH3 is 1. The molecule has 0 saturated carbocycles. The van der Waals surface area contributed by atoms with Gasteiger partial charge in [-0.2, -0.15) is 0 Å². The summed E-state index contributed by atoms with van der Waals surface area (Å²) in [7, 11) is 7.99. The molecule has 0 atom stereocenters. The molecule has 0 unspecified atom stereocenters. The fraction of sp³-hybridized carbons (Fsp3) is 0.375. The van der Waals surface area contributed by atoms with E-state index in [0.717, 1.165) is 35.1 Å². The van der Waals surface area contributed by atoms with Gasteiger partial charge in [-0.15, -0.1) is 0 Å². The lowest BCUT2D eigenvalue weighted by molar-refractivity contribution is -0.384. The van der Waals surface area contributed by atoms with Crippen LogP contribution in [0.4, 0.5) is 23.0 Å². The number of nitrogens with zero attached hydrogens (tertiary/aromatic N) is 6. The minimum absolute atomic E-state index is 0.0276. The van der Waals surface area contributed by atoms with Crippen molar-refractivity contribution in [2.24, 2.45) is 7.05 Å². The van der Waals surface area contributed by atoms with Crippen molar-refractivity contribution in [1.29, 1.82) is 0 Å². The molecule has 2 heterocycles. The number of nitrogens with one attached hydrogen (secondary N) is 1. The molecule has 0 bridgehead atoms. The van der Waals surface area contributed by atoms with Crippen LogP contribution in [0.25, 0.3) is 27.7 Å². The average molecular weight is 602 g/mol. The Labute approximate surface area is 255 Å². The first-order valence-electron chi connectivity index (χ1n) is 14.4. The van der Waals surface area contributed by atoms with Crippen LogP contribution in [0.15, 0.2) is 54.5 Å². The van der Waals surface area contributed by atoms with Gasteiger partial charge < -0.3 is 24.4 Å². The summed E-state index contributed by atoms with van der Waals surface area (Å²) in [6.07, 6.45) is 4.76. The largest absolute Gasteiger partial charge is 0.494 e. The van der Waals surface area contributed by atoms with Gasteiger partial charge in [0.15, 0.2) is 0 Å². The summed E-state index contributed by atoms with van der Waals surface area (Å²) in [4.78, 5) is 24.8. The van der Waals surface area contributed by atoms with Crippen LogP contribution < -0.4 is 15.0 Å². The summed E-state index contributed by atoms with van der Waals surface area (Å²) in [6, 6.07) is 11.7. The smallest absolute Gasteiger partial charge is 0.294 e. The second kappa shape index (κ2) is 13.0. The number of rotatable bonds is 12. The SMILES string of the molecule is CC/C(=C\[Si](C)(C)C)c1ccc2c(-c3ccnc(Nc4cc([N+](=O)[O-])c(N(C)CCN(C)C)cc4OC)n3)cn(C)c2c1. The number of hydrogen-bond donors (Lipinski definition) is 1.